The van der Waals surface area contributed by atoms with Crippen LogP contribution in [0, 0.1) is 20.2 Å². The predicted octanol–water partition coefficient (Wildman–Crippen LogP) is 2.86. The number of hydrogen-bond acceptors (Lipinski definition) is 7. The van der Waals surface area contributed by atoms with E-state index in [1.807, 2.05) is 0 Å². The smallest absolute Gasteiger partial charge is 0.352 e. The Balaban J connectivity index is 2.37. The lowest BCUT2D eigenvalue weighted by molar-refractivity contribution is -0.394. The van der Waals surface area contributed by atoms with E-state index in [1.165, 1.54) is 30.3 Å². The molecular formula is C17H13N3O8. The maximum absolute atomic E-state index is 11.2. The summed E-state index contributed by atoms with van der Waals surface area (Å²) in [5.74, 6) is -2.02. The zero-order valence-electron chi connectivity index (χ0n) is 14.3. The number of aliphatic carboxylic acids is 1. The molecule has 0 saturated heterocycles. The number of amides is 1. The molecule has 0 radical (unpaired) electrons. The lowest BCUT2D eigenvalue weighted by atomic mass is 10.1. The summed E-state index contributed by atoms with van der Waals surface area (Å²) in [5.41, 5.74) is -1.09. The van der Waals surface area contributed by atoms with Crippen LogP contribution in [-0.4, -0.2) is 26.8 Å². The molecule has 0 aliphatic heterocycles. The monoisotopic (exact) mass is 387 g/mol. The second-order valence-corrected chi connectivity index (χ2v) is 5.39. The molecular weight excluding hydrogens is 374 g/mol. The summed E-state index contributed by atoms with van der Waals surface area (Å²) >= 11 is 0. The maximum Gasteiger partial charge on any atom is 0.352 e. The number of non-ortho nitro benzene ring substituents is 1. The van der Waals surface area contributed by atoms with E-state index < -0.39 is 33.1 Å². The first-order chi connectivity index (χ1) is 13.2. The number of hydrogen-bond donors (Lipinski definition) is 2. The molecule has 0 aliphatic rings. The van der Waals surface area contributed by atoms with Gasteiger partial charge in [-0.15, -0.1) is 0 Å². The van der Waals surface area contributed by atoms with E-state index in [9.17, 15) is 29.8 Å². The number of ether oxygens (including phenoxy) is 1. The molecule has 1 amide bonds. The molecule has 28 heavy (non-hydrogen) atoms. The summed E-state index contributed by atoms with van der Waals surface area (Å²) in [7, 11) is 0. The molecule has 0 heterocycles. The van der Waals surface area contributed by atoms with E-state index in [1.54, 1.807) is 0 Å². The molecule has 2 aromatic rings. The van der Waals surface area contributed by atoms with Crippen LogP contribution in [0.2, 0.25) is 0 Å². The Morgan fingerprint density at radius 2 is 1.82 bits per heavy atom. The van der Waals surface area contributed by atoms with Gasteiger partial charge in [-0.05, 0) is 29.8 Å². The summed E-state index contributed by atoms with van der Waals surface area (Å²) in [6.07, 6.45) is 1.18. The van der Waals surface area contributed by atoms with Gasteiger partial charge in [-0.2, -0.15) is 0 Å². The van der Waals surface area contributed by atoms with Crippen LogP contribution in [0.3, 0.4) is 0 Å². The molecule has 0 atom stereocenters. The number of benzene rings is 2. The van der Waals surface area contributed by atoms with Gasteiger partial charge < -0.3 is 15.2 Å². The van der Waals surface area contributed by atoms with E-state index >= 15 is 0 Å². The highest BCUT2D eigenvalue weighted by Crippen LogP contribution is 2.34. The van der Waals surface area contributed by atoms with Crippen molar-refractivity contribution in [1.82, 2.24) is 5.32 Å². The minimum Gasteiger partial charge on any atom is -0.477 e. The Hall–Kier alpha value is -4.28. The van der Waals surface area contributed by atoms with Crippen molar-refractivity contribution in [2.45, 2.75) is 6.92 Å². The molecule has 11 nitrogen and oxygen atoms in total. The van der Waals surface area contributed by atoms with Gasteiger partial charge in [0.1, 0.15) is 11.4 Å². The van der Waals surface area contributed by atoms with Crippen molar-refractivity contribution in [2.24, 2.45) is 0 Å². The van der Waals surface area contributed by atoms with E-state index in [0.29, 0.717) is 5.56 Å². The molecule has 2 aromatic carbocycles. The van der Waals surface area contributed by atoms with Crippen molar-refractivity contribution in [3.8, 4) is 11.5 Å². The summed E-state index contributed by atoms with van der Waals surface area (Å²) in [5, 5.41) is 33.2. The van der Waals surface area contributed by atoms with E-state index in [4.69, 9.17) is 9.84 Å². The third kappa shape index (κ3) is 5.11. The fraction of sp³-hybridized carbons (Fsp3) is 0.0588. The minimum absolute atomic E-state index is 0.123. The average Bonchev–Trinajstić information content (AvgIpc) is 2.61. The van der Waals surface area contributed by atoms with Crippen LogP contribution in [-0.2, 0) is 9.59 Å². The van der Waals surface area contributed by atoms with Crippen molar-refractivity contribution in [3.05, 3.63) is 74.0 Å². The number of carboxylic acid groups (broad SMARTS) is 1. The van der Waals surface area contributed by atoms with Gasteiger partial charge >= 0.3 is 11.7 Å². The Morgan fingerprint density at radius 3 is 2.39 bits per heavy atom. The largest absolute Gasteiger partial charge is 0.477 e. The summed E-state index contributed by atoms with van der Waals surface area (Å²) < 4.78 is 5.44. The minimum atomic E-state index is -1.35. The van der Waals surface area contributed by atoms with Gasteiger partial charge in [-0.3, -0.25) is 25.0 Å². The third-order valence-electron chi connectivity index (χ3n) is 3.29. The molecule has 11 heteroatoms. The summed E-state index contributed by atoms with van der Waals surface area (Å²) in [4.78, 5) is 42.6. The molecule has 0 aliphatic carbocycles. The number of carbonyl (C=O) groups excluding carboxylic acids is 1. The van der Waals surface area contributed by atoms with Crippen LogP contribution in [0.25, 0.3) is 6.08 Å². The second kappa shape index (κ2) is 8.40. The zero-order chi connectivity index (χ0) is 20.8. The number of nitro benzene ring substituents is 2. The maximum atomic E-state index is 11.2. The number of nitro groups is 2. The van der Waals surface area contributed by atoms with Gasteiger partial charge in [0.25, 0.3) is 5.69 Å². The highest BCUT2D eigenvalue weighted by Gasteiger charge is 2.21. The molecule has 2 N–H and O–H groups in total. The Morgan fingerprint density at radius 1 is 1.11 bits per heavy atom. The number of nitrogens with one attached hydrogen (secondary N) is 1. The first-order valence-corrected chi connectivity index (χ1v) is 7.60. The van der Waals surface area contributed by atoms with Crippen molar-refractivity contribution >= 4 is 29.3 Å². The number of nitrogens with zero attached hydrogens (tertiary/aromatic N) is 2. The van der Waals surface area contributed by atoms with Crippen LogP contribution in [0.15, 0.2) is 48.2 Å². The highest BCUT2D eigenvalue weighted by atomic mass is 16.6. The van der Waals surface area contributed by atoms with Crippen molar-refractivity contribution in [1.29, 1.82) is 0 Å². The first kappa shape index (κ1) is 20.0. The van der Waals surface area contributed by atoms with Crippen LogP contribution >= 0.6 is 0 Å². The molecule has 2 rings (SSSR count). The molecule has 144 valence electrons. The van der Waals surface area contributed by atoms with Crippen LogP contribution in [0.4, 0.5) is 11.4 Å². The van der Waals surface area contributed by atoms with Gasteiger partial charge in [0, 0.05) is 13.0 Å². The van der Waals surface area contributed by atoms with Crippen LogP contribution in [0.1, 0.15) is 12.5 Å². The second-order valence-electron chi connectivity index (χ2n) is 5.39. The number of carboxylic acids is 1. The average molecular weight is 387 g/mol. The Labute approximate surface area is 157 Å². The molecule has 0 bridgehead atoms. The first-order valence-electron chi connectivity index (χ1n) is 7.60. The quantitative estimate of drug-likeness (QED) is 0.416. The number of carbonyl (C=O) groups is 2. The van der Waals surface area contributed by atoms with E-state index in [-0.39, 0.29) is 17.2 Å². The van der Waals surface area contributed by atoms with Gasteiger partial charge in [0.2, 0.25) is 11.7 Å². The lowest BCUT2D eigenvalue weighted by Crippen LogP contribution is -2.24. The van der Waals surface area contributed by atoms with Crippen molar-refractivity contribution in [3.63, 3.8) is 0 Å². The summed E-state index contributed by atoms with van der Waals surface area (Å²) in [6, 6.07) is 8.81. The van der Waals surface area contributed by atoms with Gasteiger partial charge in [-0.1, -0.05) is 12.1 Å². The topological polar surface area (TPSA) is 162 Å². The standard InChI is InChI=1S/C17H13N3O8/c1-10(21)18-14(17(22)23)8-11-3-2-4-13(7-11)28-16-6-5-12(19(24)25)9-15(16)20(26)27/h2-9H,1H3,(H,18,21)(H,22,23)/b14-8+. The van der Waals surface area contributed by atoms with Gasteiger partial charge in [-0.25, -0.2) is 4.79 Å². The normalized spacial score (nSPS) is 10.8. The van der Waals surface area contributed by atoms with Crippen molar-refractivity contribution < 1.29 is 29.3 Å². The fourth-order valence-electron chi connectivity index (χ4n) is 2.15. The summed E-state index contributed by atoms with van der Waals surface area (Å²) in [6.45, 7) is 1.16. The van der Waals surface area contributed by atoms with E-state index in [0.717, 1.165) is 25.1 Å². The van der Waals surface area contributed by atoms with Crippen LogP contribution < -0.4 is 10.1 Å². The molecule has 0 aromatic heterocycles. The lowest BCUT2D eigenvalue weighted by Gasteiger charge is -2.08. The Kier molecular flexibility index (Phi) is 6.01. The predicted molar refractivity (Wildman–Crippen MR) is 95.7 cm³/mol. The SMILES string of the molecule is CC(=O)N/C(=C/c1cccc(Oc2ccc([N+](=O)[O-])cc2[N+](=O)[O-])c1)C(=O)O. The van der Waals surface area contributed by atoms with E-state index in [2.05, 4.69) is 5.32 Å². The molecule has 0 fully saturated rings. The highest BCUT2D eigenvalue weighted by molar-refractivity contribution is 5.96. The van der Waals surface area contributed by atoms with Crippen LogP contribution in [0.5, 0.6) is 11.5 Å². The van der Waals surface area contributed by atoms with Crippen molar-refractivity contribution in [2.75, 3.05) is 0 Å². The molecule has 0 unspecified atom stereocenters. The number of rotatable bonds is 7. The third-order valence-corrected chi connectivity index (χ3v) is 3.29. The zero-order valence-corrected chi connectivity index (χ0v) is 14.3. The molecule has 0 saturated carbocycles. The Bertz CT molecular complexity index is 1000. The molecule has 0 spiro atoms. The fourth-order valence-corrected chi connectivity index (χ4v) is 2.15. The van der Waals surface area contributed by atoms with Gasteiger partial charge in [0.05, 0.1) is 15.9 Å². The van der Waals surface area contributed by atoms with Gasteiger partial charge in [0.15, 0.2) is 0 Å².